The Kier molecular flexibility index (Phi) is 4.53. The third-order valence-electron chi connectivity index (χ3n) is 3.95. The van der Waals surface area contributed by atoms with Crippen LogP contribution in [0.25, 0.3) is 0 Å². The minimum atomic E-state index is 0.675. The number of hydrogen-bond acceptors (Lipinski definition) is 3. The molecule has 1 saturated heterocycles. The maximum absolute atomic E-state index is 5.90. The molecule has 21 heavy (non-hydrogen) atoms. The second-order valence-corrected chi connectivity index (χ2v) is 5.44. The van der Waals surface area contributed by atoms with E-state index in [9.17, 15) is 0 Å². The van der Waals surface area contributed by atoms with Crippen molar-refractivity contribution in [3.63, 3.8) is 0 Å². The number of nitrogens with one attached hydrogen (secondary N) is 1. The zero-order chi connectivity index (χ0) is 14.5. The highest BCUT2D eigenvalue weighted by molar-refractivity contribution is 5.33. The van der Waals surface area contributed by atoms with E-state index in [1.807, 2.05) is 36.4 Å². The van der Waals surface area contributed by atoms with Crippen LogP contribution >= 0.6 is 0 Å². The van der Waals surface area contributed by atoms with Gasteiger partial charge in [-0.25, -0.2) is 0 Å². The monoisotopic (exact) mass is 282 g/mol. The SMILES string of the molecule is CCN(Cc1cccc(Oc2ccccc2)c1)C1CNC1. The van der Waals surface area contributed by atoms with Gasteiger partial charge in [-0.15, -0.1) is 0 Å². The molecule has 0 spiro atoms. The maximum atomic E-state index is 5.90. The molecule has 1 aliphatic heterocycles. The molecule has 0 unspecified atom stereocenters. The van der Waals surface area contributed by atoms with Crippen molar-refractivity contribution in [2.45, 2.75) is 19.5 Å². The quantitative estimate of drug-likeness (QED) is 0.880. The third kappa shape index (κ3) is 3.63. The van der Waals surface area contributed by atoms with Crippen LogP contribution < -0.4 is 10.1 Å². The molecule has 1 fully saturated rings. The second-order valence-electron chi connectivity index (χ2n) is 5.44. The lowest BCUT2D eigenvalue weighted by atomic mass is 10.1. The standard InChI is InChI=1S/C18H22N2O/c1-2-20(16-12-19-13-16)14-15-7-6-10-18(11-15)21-17-8-4-3-5-9-17/h3-11,16,19H,2,12-14H2,1H3. The van der Waals surface area contributed by atoms with Crippen molar-refractivity contribution in [3.05, 3.63) is 60.2 Å². The van der Waals surface area contributed by atoms with Crippen LogP contribution in [0.3, 0.4) is 0 Å². The van der Waals surface area contributed by atoms with Crippen molar-refractivity contribution in [2.75, 3.05) is 19.6 Å². The lowest BCUT2D eigenvalue weighted by Crippen LogP contribution is -2.56. The molecule has 2 aromatic carbocycles. The average Bonchev–Trinajstić information content (AvgIpc) is 2.46. The van der Waals surface area contributed by atoms with Crippen molar-refractivity contribution in [3.8, 4) is 11.5 Å². The molecule has 2 aromatic rings. The van der Waals surface area contributed by atoms with Crippen molar-refractivity contribution < 1.29 is 4.74 Å². The van der Waals surface area contributed by atoms with E-state index in [0.717, 1.165) is 37.7 Å². The Labute approximate surface area is 126 Å². The molecule has 0 bridgehead atoms. The molecular weight excluding hydrogens is 260 g/mol. The zero-order valence-corrected chi connectivity index (χ0v) is 12.5. The molecule has 3 heteroatoms. The van der Waals surface area contributed by atoms with E-state index >= 15 is 0 Å². The smallest absolute Gasteiger partial charge is 0.127 e. The summed E-state index contributed by atoms with van der Waals surface area (Å²) in [5.41, 5.74) is 1.30. The van der Waals surface area contributed by atoms with Crippen LogP contribution in [-0.2, 0) is 6.54 Å². The average molecular weight is 282 g/mol. The fourth-order valence-corrected chi connectivity index (χ4v) is 2.60. The second kappa shape index (κ2) is 6.74. The highest BCUT2D eigenvalue weighted by Gasteiger charge is 2.23. The van der Waals surface area contributed by atoms with Gasteiger partial charge in [0.25, 0.3) is 0 Å². The molecule has 3 nitrogen and oxygen atoms in total. The first-order valence-corrected chi connectivity index (χ1v) is 7.62. The Hall–Kier alpha value is -1.84. The van der Waals surface area contributed by atoms with E-state index in [-0.39, 0.29) is 0 Å². The molecule has 1 aliphatic rings. The van der Waals surface area contributed by atoms with Gasteiger partial charge in [-0.3, -0.25) is 4.90 Å². The fourth-order valence-electron chi connectivity index (χ4n) is 2.60. The summed E-state index contributed by atoms with van der Waals surface area (Å²) in [5, 5.41) is 3.34. The predicted molar refractivity (Wildman–Crippen MR) is 85.7 cm³/mol. The van der Waals surface area contributed by atoms with E-state index in [4.69, 9.17) is 4.74 Å². The van der Waals surface area contributed by atoms with Crippen LogP contribution in [0.1, 0.15) is 12.5 Å². The summed E-state index contributed by atoms with van der Waals surface area (Å²) in [7, 11) is 0. The minimum absolute atomic E-state index is 0.675. The van der Waals surface area contributed by atoms with Gasteiger partial charge in [0, 0.05) is 25.7 Å². The summed E-state index contributed by atoms with van der Waals surface area (Å²) in [4.78, 5) is 2.51. The van der Waals surface area contributed by atoms with Gasteiger partial charge in [0.1, 0.15) is 11.5 Å². The molecule has 0 saturated carbocycles. The number of likely N-dealkylation sites (N-methyl/N-ethyl adjacent to an activating group) is 1. The van der Waals surface area contributed by atoms with Crippen LogP contribution in [0.5, 0.6) is 11.5 Å². The van der Waals surface area contributed by atoms with Gasteiger partial charge >= 0.3 is 0 Å². The Morgan fingerprint density at radius 1 is 1.05 bits per heavy atom. The summed E-state index contributed by atoms with van der Waals surface area (Å²) >= 11 is 0. The van der Waals surface area contributed by atoms with Crippen molar-refractivity contribution in [2.24, 2.45) is 0 Å². The number of para-hydroxylation sites is 1. The van der Waals surface area contributed by atoms with Crippen LogP contribution in [0, 0.1) is 0 Å². The minimum Gasteiger partial charge on any atom is -0.457 e. The van der Waals surface area contributed by atoms with E-state index in [1.165, 1.54) is 5.56 Å². The summed E-state index contributed by atoms with van der Waals surface area (Å²) in [6.45, 7) is 6.50. The number of rotatable bonds is 6. The molecular formula is C18H22N2O. The zero-order valence-electron chi connectivity index (χ0n) is 12.5. The molecule has 0 amide bonds. The molecule has 0 radical (unpaired) electrons. The van der Waals surface area contributed by atoms with Crippen molar-refractivity contribution in [1.82, 2.24) is 10.2 Å². The molecule has 0 atom stereocenters. The normalized spacial score (nSPS) is 15.0. The molecule has 0 aliphatic carbocycles. The first-order chi connectivity index (χ1) is 10.3. The highest BCUT2D eigenvalue weighted by atomic mass is 16.5. The Morgan fingerprint density at radius 3 is 2.48 bits per heavy atom. The van der Waals surface area contributed by atoms with Crippen LogP contribution in [0.4, 0.5) is 0 Å². The van der Waals surface area contributed by atoms with Gasteiger partial charge in [0.05, 0.1) is 0 Å². The lowest BCUT2D eigenvalue weighted by molar-refractivity contribution is 0.145. The van der Waals surface area contributed by atoms with Gasteiger partial charge in [-0.05, 0) is 36.4 Å². The largest absolute Gasteiger partial charge is 0.457 e. The van der Waals surface area contributed by atoms with Gasteiger partial charge in [-0.1, -0.05) is 37.3 Å². The fraction of sp³-hybridized carbons (Fsp3) is 0.333. The Balaban J connectivity index is 1.67. The topological polar surface area (TPSA) is 24.5 Å². The van der Waals surface area contributed by atoms with E-state index < -0.39 is 0 Å². The van der Waals surface area contributed by atoms with Crippen LogP contribution in [-0.4, -0.2) is 30.6 Å². The first kappa shape index (κ1) is 14.1. The van der Waals surface area contributed by atoms with E-state index in [1.54, 1.807) is 0 Å². The molecule has 0 aromatic heterocycles. The van der Waals surface area contributed by atoms with Crippen molar-refractivity contribution in [1.29, 1.82) is 0 Å². The summed E-state index contributed by atoms with van der Waals surface area (Å²) in [5.74, 6) is 1.78. The molecule has 3 rings (SSSR count). The molecule has 110 valence electrons. The Morgan fingerprint density at radius 2 is 1.81 bits per heavy atom. The number of hydrogen-bond donors (Lipinski definition) is 1. The van der Waals surface area contributed by atoms with Gasteiger partial charge in [-0.2, -0.15) is 0 Å². The third-order valence-corrected chi connectivity index (χ3v) is 3.95. The lowest BCUT2D eigenvalue weighted by Gasteiger charge is -2.37. The summed E-state index contributed by atoms with van der Waals surface area (Å²) in [6.07, 6.45) is 0. The van der Waals surface area contributed by atoms with E-state index in [2.05, 4.69) is 35.3 Å². The maximum Gasteiger partial charge on any atom is 0.127 e. The highest BCUT2D eigenvalue weighted by Crippen LogP contribution is 2.23. The molecule has 1 heterocycles. The number of ether oxygens (including phenoxy) is 1. The van der Waals surface area contributed by atoms with Crippen LogP contribution in [0.15, 0.2) is 54.6 Å². The first-order valence-electron chi connectivity index (χ1n) is 7.62. The predicted octanol–water partition coefficient (Wildman–Crippen LogP) is 3.27. The van der Waals surface area contributed by atoms with Gasteiger partial charge in [0.15, 0.2) is 0 Å². The van der Waals surface area contributed by atoms with E-state index in [0.29, 0.717) is 6.04 Å². The number of benzene rings is 2. The number of nitrogens with zero attached hydrogens (tertiary/aromatic N) is 1. The summed E-state index contributed by atoms with van der Waals surface area (Å²) in [6, 6.07) is 19.0. The van der Waals surface area contributed by atoms with Gasteiger partial charge in [0.2, 0.25) is 0 Å². The van der Waals surface area contributed by atoms with Crippen LogP contribution in [0.2, 0.25) is 0 Å². The molecule has 1 N–H and O–H groups in total. The Bertz CT molecular complexity index is 566. The summed E-state index contributed by atoms with van der Waals surface area (Å²) < 4.78 is 5.90. The van der Waals surface area contributed by atoms with Gasteiger partial charge < -0.3 is 10.1 Å². The van der Waals surface area contributed by atoms with Crippen molar-refractivity contribution >= 4 is 0 Å².